The topological polar surface area (TPSA) is 44.8 Å². The number of hydrogen-bond acceptors (Lipinski definition) is 3. The normalized spacial score (nSPS) is 34.2. The number of ether oxygens (including phenoxy) is 1. The Labute approximate surface area is 95.7 Å². The summed E-state index contributed by atoms with van der Waals surface area (Å²) < 4.78 is 5.26. The molecule has 3 aliphatic heterocycles. The van der Waals surface area contributed by atoms with Crippen molar-refractivity contribution in [2.45, 2.75) is 0 Å². The van der Waals surface area contributed by atoms with E-state index in [1.165, 1.54) is 0 Å². The summed E-state index contributed by atoms with van der Waals surface area (Å²) in [6, 6.07) is 0.220. The van der Waals surface area contributed by atoms with Crippen LogP contribution < -0.4 is 5.32 Å². The molecule has 0 saturated carbocycles. The van der Waals surface area contributed by atoms with Gasteiger partial charge in [0.25, 0.3) is 0 Å². The van der Waals surface area contributed by atoms with Crippen molar-refractivity contribution in [1.29, 1.82) is 0 Å². The first-order valence-corrected chi connectivity index (χ1v) is 6.17. The fraction of sp³-hybridized carbons (Fsp3) is 0.909. The third-order valence-electron chi connectivity index (χ3n) is 3.94. The van der Waals surface area contributed by atoms with Crippen LogP contribution in [0, 0.1) is 11.8 Å². The lowest BCUT2D eigenvalue weighted by Crippen LogP contribution is -2.48. The van der Waals surface area contributed by atoms with Crippen LogP contribution in [0.4, 0.5) is 4.79 Å². The van der Waals surface area contributed by atoms with Gasteiger partial charge in [0.2, 0.25) is 0 Å². The van der Waals surface area contributed by atoms with Crippen molar-refractivity contribution in [2.75, 3.05) is 52.5 Å². The van der Waals surface area contributed by atoms with Gasteiger partial charge in [0.15, 0.2) is 0 Å². The zero-order valence-electron chi connectivity index (χ0n) is 9.52. The maximum atomic E-state index is 12.2. The second-order valence-corrected chi connectivity index (χ2v) is 4.97. The van der Waals surface area contributed by atoms with Crippen LogP contribution in [0.1, 0.15) is 0 Å². The average molecular weight is 225 g/mol. The Balaban J connectivity index is 1.59. The summed E-state index contributed by atoms with van der Waals surface area (Å²) in [5.41, 5.74) is 0. The van der Waals surface area contributed by atoms with E-state index < -0.39 is 0 Å². The van der Waals surface area contributed by atoms with Crippen molar-refractivity contribution in [3.63, 3.8) is 0 Å². The number of morpholine rings is 1. The molecule has 3 aliphatic rings. The van der Waals surface area contributed by atoms with Crippen LogP contribution in [0.25, 0.3) is 0 Å². The van der Waals surface area contributed by atoms with Crippen LogP contribution in [0.15, 0.2) is 0 Å². The maximum absolute atomic E-state index is 12.2. The molecular weight excluding hydrogens is 206 g/mol. The van der Waals surface area contributed by atoms with Crippen molar-refractivity contribution in [3.05, 3.63) is 0 Å². The molecule has 2 amide bonds. The highest BCUT2D eigenvalue weighted by atomic mass is 16.5. The Hall–Kier alpha value is -0.810. The summed E-state index contributed by atoms with van der Waals surface area (Å²) in [5.74, 6) is 1.37. The van der Waals surface area contributed by atoms with Gasteiger partial charge in [-0.1, -0.05) is 0 Å². The predicted molar refractivity (Wildman–Crippen MR) is 59.2 cm³/mol. The Morgan fingerprint density at radius 2 is 1.69 bits per heavy atom. The van der Waals surface area contributed by atoms with E-state index in [0.717, 1.165) is 39.3 Å². The van der Waals surface area contributed by atoms with E-state index in [1.54, 1.807) is 0 Å². The minimum atomic E-state index is 0.220. The molecule has 0 unspecified atom stereocenters. The van der Waals surface area contributed by atoms with Crippen LogP contribution in [0.2, 0.25) is 0 Å². The zero-order chi connectivity index (χ0) is 11.0. The second kappa shape index (κ2) is 4.22. The number of nitrogens with zero attached hydrogens (tertiary/aromatic N) is 2. The fourth-order valence-corrected chi connectivity index (χ4v) is 2.97. The van der Waals surface area contributed by atoms with Crippen LogP contribution in [0.3, 0.4) is 0 Å². The van der Waals surface area contributed by atoms with Crippen LogP contribution >= 0.6 is 0 Å². The molecule has 1 N–H and O–H groups in total. The molecule has 0 aromatic heterocycles. The highest BCUT2D eigenvalue weighted by Gasteiger charge is 2.39. The number of carbonyl (C=O) groups excluding carboxylic acids is 1. The largest absolute Gasteiger partial charge is 0.378 e. The van der Waals surface area contributed by atoms with Gasteiger partial charge in [-0.25, -0.2) is 4.79 Å². The number of likely N-dealkylation sites (tertiary alicyclic amines) is 1. The fourth-order valence-electron chi connectivity index (χ4n) is 2.97. The van der Waals surface area contributed by atoms with Gasteiger partial charge in [0, 0.05) is 39.3 Å². The number of hydrogen-bond donors (Lipinski definition) is 1. The summed E-state index contributed by atoms with van der Waals surface area (Å²) in [4.78, 5) is 16.2. The minimum absolute atomic E-state index is 0.220. The SMILES string of the molecule is O=C(N1CCOCC1)N1C[C@H]2CNC[C@H]2C1. The van der Waals surface area contributed by atoms with Gasteiger partial charge >= 0.3 is 6.03 Å². The summed E-state index contributed by atoms with van der Waals surface area (Å²) in [7, 11) is 0. The van der Waals surface area contributed by atoms with Crippen LogP contribution in [-0.2, 0) is 4.74 Å². The minimum Gasteiger partial charge on any atom is -0.378 e. The van der Waals surface area contributed by atoms with Crippen molar-refractivity contribution >= 4 is 6.03 Å². The van der Waals surface area contributed by atoms with Gasteiger partial charge in [-0.2, -0.15) is 0 Å². The molecule has 5 heteroatoms. The van der Waals surface area contributed by atoms with E-state index >= 15 is 0 Å². The smallest absolute Gasteiger partial charge is 0.320 e. The van der Waals surface area contributed by atoms with E-state index in [0.29, 0.717) is 25.0 Å². The van der Waals surface area contributed by atoms with E-state index in [2.05, 4.69) is 5.32 Å². The Morgan fingerprint density at radius 3 is 2.31 bits per heavy atom. The van der Waals surface area contributed by atoms with Crippen LogP contribution in [0.5, 0.6) is 0 Å². The number of urea groups is 1. The van der Waals surface area contributed by atoms with Gasteiger partial charge in [-0.15, -0.1) is 0 Å². The van der Waals surface area contributed by atoms with Crippen molar-refractivity contribution < 1.29 is 9.53 Å². The lowest BCUT2D eigenvalue weighted by atomic mass is 10.0. The molecule has 0 radical (unpaired) electrons. The van der Waals surface area contributed by atoms with Crippen molar-refractivity contribution in [1.82, 2.24) is 15.1 Å². The molecular formula is C11H19N3O2. The Bertz CT molecular complexity index is 266. The number of carbonyl (C=O) groups is 1. The molecule has 0 aromatic carbocycles. The highest BCUT2D eigenvalue weighted by molar-refractivity contribution is 5.75. The van der Waals surface area contributed by atoms with E-state index in [4.69, 9.17) is 4.74 Å². The number of rotatable bonds is 0. The first-order chi connectivity index (χ1) is 7.84. The summed E-state index contributed by atoms with van der Waals surface area (Å²) in [5, 5.41) is 3.39. The third kappa shape index (κ3) is 1.78. The van der Waals surface area contributed by atoms with Gasteiger partial charge < -0.3 is 19.9 Å². The standard InChI is InChI=1S/C11H19N3O2/c15-11(13-1-3-16-4-2-13)14-7-9-5-12-6-10(9)8-14/h9-10,12H,1-8H2/t9-,10+. The molecule has 3 rings (SSSR count). The first-order valence-electron chi connectivity index (χ1n) is 6.17. The van der Waals surface area contributed by atoms with Crippen molar-refractivity contribution in [3.8, 4) is 0 Å². The molecule has 0 aliphatic carbocycles. The molecule has 90 valence electrons. The summed E-state index contributed by atoms with van der Waals surface area (Å²) >= 11 is 0. The molecule has 16 heavy (non-hydrogen) atoms. The zero-order valence-corrected chi connectivity index (χ0v) is 9.52. The third-order valence-corrected chi connectivity index (χ3v) is 3.94. The van der Waals surface area contributed by atoms with E-state index in [1.807, 2.05) is 9.80 Å². The molecule has 3 fully saturated rings. The van der Waals surface area contributed by atoms with E-state index in [9.17, 15) is 4.79 Å². The molecule has 0 bridgehead atoms. The first kappa shape index (κ1) is 10.4. The molecule has 3 saturated heterocycles. The van der Waals surface area contributed by atoms with E-state index in [-0.39, 0.29) is 6.03 Å². The second-order valence-electron chi connectivity index (χ2n) is 4.97. The van der Waals surface area contributed by atoms with Gasteiger partial charge in [0.05, 0.1) is 13.2 Å². The van der Waals surface area contributed by atoms with Gasteiger partial charge in [-0.05, 0) is 11.8 Å². The molecule has 3 heterocycles. The quantitative estimate of drug-likeness (QED) is 0.609. The lowest BCUT2D eigenvalue weighted by molar-refractivity contribution is 0.0446. The number of nitrogens with one attached hydrogen (secondary N) is 1. The lowest BCUT2D eigenvalue weighted by Gasteiger charge is -2.31. The predicted octanol–water partition coefficient (Wildman–Crippen LogP) is -0.410. The molecule has 0 spiro atoms. The Morgan fingerprint density at radius 1 is 1.06 bits per heavy atom. The molecule has 2 atom stereocenters. The van der Waals surface area contributed by atoms with Crippen LogP contribution in [-0.4, -0.2) is 68.3 Å². The highest BCUT2D eigenvalue weighted by Crippen LogP contribution is 2.27. The monoisotopic (exact) mass is 225 g/mol. The van der Waals surface area contributed by atoms with Gasteiger partial charge in [-0.3, -0.25) is 0 Å². The van der Waals surface area contributed by atoms with Crippen molar-refractivity contribution in [2.24, 2.45) is 11.8 Å². The maximum Gasteiger partial charge on any atom is 0.320 e. The molecule has 5 nitrogen and oxygen atoms in total. The van der Waals surface area contributed by atoms with Gasteiger partial charge in [0.1, 0.15) is 0 Å². The average Bonchev–Trinajstić information content (AvgIpc) is 2.89. The summed E-state index contributed by atoms with van der Waals surface area (Å²) in [6.07, 6.45) is 0. The Kier molecular flexibility index (Phi) is 2.73. The number of amides is 2. The number of fused-ring (bicyclic) bond motifs is 1. The summed E-state index contributed by atoms with van der Waals surface area (Å²) in [6.45, 7) is 6.92. The molecule has 0 aromatic rings.